The third-order valence-corrected chi connectivity index (χ3v) is 4.71. The maximum absolute atomic E-state index is 13.0. The van der Waals surface area contributed by atoms with Crippen LogP contribution < -0.4 is 4.80 Å². The summed E-state index contributed by atoms with van der Waals surface area (Å²) >= 11 is 1.11. The van der Waals surface area contributed by atoms with Crippen molar-refractivity contribution in [3.63, 3.8) is 0 Å². The molecule has 0 aliphatic carbocycles. The number of halogens is 3. The molecule has 3 rings (SSSR count). The van der Waals surface area contributed by atoms with E-state index < -0.39 is 32.0 Å². The van der Waals surface area contributed by atoms with Gasteiger partial charge in [0.25, 0.3) is 20.2 Å². The van der Waals surface area contributed by atoms with Gasteiger partial charge in [-0.25, -0.2) is 0 Å². The summed E-state index contributed by atoms with van der Waals surface area (Å²) < 4.78 is 93.2. The highest BCUT2D eigenvalue weighted by Crippen LogP contribution is 2.40. The van der Waals surface area contributed by atoms with Gasteiger partial charge in [-0.05, 0) is 38.2 Å². The van der Waals surface area contributed by atoms with E-state index in [0.29, 0.717) is 34.1 Å². The first kappa shape index (κ1) is 26.5. The molecule has 1 aromatic carbocycles. The number of nitrogens with one attached hydrogen (secondary N) is 1. The Morgan fingerprint density at radius 2 is 1.60 bits per heavy atom. The molecule has 172 valence electrons. The second-order valence-corrected chi connectivity index (χ2v) is 10.7. The standard InChI is InChI=1S/C13H14F3N3S.2CH4O3S/c1-18(2)9-3-4-19-11-8(9)5-7(13(14,15)16)6-10(11)20-12(19)17;2*1-5(2,3)4/h5-6,9,17H,3-4H2,1-2H3;2*1H3,(H,2,3,4). The third-order valence-electron chi connectivity index (χ3n) is 3.76. The van der Waals surface area contributed by atoms with Gasteiger partial charge < -0.3 is 9.47 Å². The zero-order valence-electron chi connectivity index (χ0n) is 16.4. The van der Waals surface area contributed by atoms with Crippen LogP contribution in [-0.4, -0.2) is 62.0 Å². The Morgan fingerprint density at radius 3 is 2.00 bits per heavy atom. The van der Waals surface area contributed by atoms with Gasteiger partial charge in [-0.2, -0.15) is 30.0 Å². The molecule has 0 spiro atoms. The van der Waals surface area contributed by atoms with E-state index in [2.05, 4.69) is 0 Å². The minimum absolute atomic E-state index is 0.0335. The largest absolute Gasteiger partial charge is 0.416 e. The van der Waals surface area contributed by atoms with Crippen molar-refractivity contribution in [3.05, 3.63) is 28.1 Å². The highest BCUT2D eigenvalue weighted by molar-refractivity contribution is 7.85. The lowest BCUT2D eigenvalue weighted by Gasteiger charge is -2.30. The van der Waals surface area contributed by atoms with E-state index in [0.717, 1.165) is 29.3 Å². The van der Waals surface area contributed by atoms with E-state index in [4.69, 9.17) is 14.5 Å². The average Bonchev–Trinajstić information content (AvgIpc) is 2.80. The number of hydrogen-bond acceptors (Lipinski definition) is 7. The molecule has 0 amide bonds. The van der Waals surface area contributed by atoms with Crippen LogP contribution in [-0.2, 0) is 33.0 Å². The van der Waals surface area contributed by atoms with Crippen LogP contribution in [0.1, 0.15) is 23.6 Å². The number of rotatable bonds is 1. The lowest BCUT2D eigenvalue weighted by atomic mass is 9.96. The highest BCUT2D eigenvalue weighted by atomic mass is 32.2. The second-order valence-electron chi connectivity index (χ2n) is 6.70. The maximum atomic E-state index is 13.0. The summed E-state index contributed by atoms with van der Waals surface area (Å²) in [6.45, 7) is 0.681. The van der Waals surface area contributed by atoms with Crippen LogP contribution in [0.5, 0.6) is 0 Å². The molecule has 2 aromatic rings. The van der Waals surface area contributed by atoms with Gasteiger partial charge in [-0.3, -0.25) is 14.5 Å². The Bertz CT molecular complexity index is 1120. The van der Waals surface area contributed by atoms with Gasteiger partial charge in [0.15, 0.2) is 4.80 Å². The molecule has 0 saturated carbocycles. The molecule has 0 fully saturated rings. The van der Waals surface area contributed by atoms with Crippen LogP contribution >= 0.6 is 11.3 Å². The van der Waals surface area contributed by atoms with Crippen molar-refractivity contribution in [1.82, 2.24) is 9.47 Å². The fourth-order valence-corrected chi connectivity index (χ4v) is 3.84. The zero-order valence-corrected chi connectivity index (χ0v) is 18.9. The number of hydrogen-bond donors (Lipinski definition) is 3. The fraction of sp³-hybridized carbons (Fsp3) is 0.533. The molecule has 15 heteroatoms. The first-order valence-corrected chi connectivity index (χ1v) is 12.6. The van der Waals surface area contributed by atoms with Crippen LogP contribution in [0.2, 0.25) is 0 Å². The number of benzene rings is 1. The molecular formula is C15H22F3N3O6S3. The number of aromatic nitrogens is 1. The second kappa shape index (κ2) is 9.32. The molecule has 0 bridgehead atoms. The van der Waals surface area contributed by atoms with Gasteiger partial charge in [0.05, 0.1) is 28.3 Å². The normalized spacial score (nSPS) is 16.5. The van der Waals surface area contributed by atoms with Crippen molar-refractivity contribution in [2.75, 3.05) is 26.6 Å². The Hall–Kier alpha value is -1.52. The number of nitrogens with zero attached hydrogens (tertiary/aromatic N) is 2. The van der Waals surface area contributed by atoms with Crippen LogP contribution in [0.25, 0.3) is 10.2 Å². The molecule has 3 N–H and O–H groups in total. The predicted molar refractivity (Wildman–Crippen MR) is 107 cm³/mol. The van der Waals surface area contributed by atoms with E-state index in [1.807, 2.05) is 23.6 Å². The summed E-state index contributed by atoms with van der Waals surface area (Å²) in [6, 6.07) is 2.37. The Kier molecular flexibility index (Phi) is 8.23. The van der Waals surface area contributed by atoms with Crippen molar-refractivity contribution in [1.29, 1.82) is 5.41 Å². The fourth-order valence-electron chi connectivity index (χ4n) is 2.83. The van der Waals surface area contributed by atoms with Crippen LogP contribution in [0.3, 0.4) is 0 Å². The molecule has 1 atom stereocenters. The van der Waals surface area contributed by atoms with E-state index in [9.17, 15) is 30.0 Å². The summed E-state index contributed by atoms with van der Waals surface area (Å²) in [5, 5.41) is 7.92. The summed E-state index contributed by atoms with van der Waals surface area (Å²) in [6.07, 6.45) is -2.19. The Morgan fingerprint density at radius 1 is 1.13 bits per heavy atom. The van der Waals surface area contributed by atoms with E-state index in [1.54, 1.807) is 0 Å². The van der Waals surface area contributed by atoms with Crippen molar-refractivity contribution in [3.8, 4) is 0 Å². The van der Waals surface area contributed by atoms with Crippen LogP contribution in [0, 0.1) is 5.41 Å². The van der Waals surface area contributed by atoms with Gasteiger partial charge in [-0.15, -0.1) is 0 Å². The van der Waals surface area contributed by atoms with Gasteiger partial charge in [0.2, 0.25) is 0 Å². The smallest absolute Gasteiger partial charge is 0.317 e. The number of thiazole rings is 1. The van der Waals surface area contributed by atoms with E-state index in [1.165, 1.54) is 6.07 Å². The predicted octanol–water partition coefficient (Wildman–Crippen LogP) is 2.22. The van der Waals surface area contributed by atoms with Crippen LogP contribution in [0.4, 0.5) is 13.2 Å². The molecule has 1 aliphatic rings. The van der Waals surface area contributed by atoms with E-state index in [-0.39, 0.29) is 6.04 Å². The first-order chi connectivity index (χ1) is 13.3. The van der Waals surface area contributed by atoms with Crippen molar-refractivity contribution in [2.45, 2.75) is 25.2 Å². The minimum atomic E-state index is -4.35. The van der Waals surface area contributed by atoms with Crippen molar-refractivity contribution < 1.29 is 39.1 Å². The number of aryl methyl sites for hydroxylation is 1. The molecular weight excluding hydrogens is 471 g/mol. The number of alkyl halides is 3. The van der Waals surface area contributed by atoms with Crippen molar-refractivity contribution in [2.24, 2.45) is 0 Å². The third kappa shape index (κ3) is 8.31. The molecule has 0 radical (unpaired) electrons. The lowest BCUT2D eigenvalue weighted by molar-refractivity contribution is -0.137. The average molecular weight is 494 g/mol. The zero-order chi connectivity index (χ0) is 23.7. The summed E-state index contributed by atoms with van der Waals surface area (Å²) in [5.41, 5.74) is 0.848. The molecule has 30 heavy (non-hydrogen) atoms. The minimum Gasteiger partial charge on any atom is -0.317 e. The molecule has 2 heterocycles. The SMILES string of the molecule is CN(C)C1CCn2c(=N)sc3cc(C(F)(F)F)cc1c32.CS(=O)(=O)O.CS(=O)(=O)O. The molecule has 1 unspecified atom stereocenters. The van der Waals surface area contributed by atoms with Crippen molar-refractivity contribution >= 4 is 41.8 Å². The lowest BCUT2D eigenvalue weighted by Crippen LogP contribution is -2.28. The van der Waals surface area contributed by atoms with E-state index >= 15 is 0 Å². The Labute approximate surface area is 175 Å². The summed E-state index contributed by atoms with van der Waals surface area (Å²) in [5.74, 6) is 0. The molecule has 1 aromatic heterocycles. The van der Waals surface area contributed by atoms with Crippen LogP contribution in [0.15, 0.2) is 12.1 Å². The maximum Gasteiger partial charge on any atom is 0.416 e. The quantitative estimate of drug-likeness (QED) is 0.517. The van der Waals surface area contributed by atoms with Gasteiger partial charge in [0, 0.05) is 12.6 Å². The first-order valence-electron chi connectivity index (χ1n) is 8.09. The van der Waals surface area contributed by atoms with Gasteiger partial charge in [-0.1, -0.05) is 11.3 Å². The molecule has 9 nitrogen and oxygen atoms in total. The van der Waals surface area contributed by atoms with Gasteiger partial charge in [0.1, 0.15) is 0 Å². The Balaban J connectivity index is 0.000000378. The monoisotopic (exact) mass is 493 g/mol. The molecule has 0 saturated heterocycles. The highest BCUT2D eigenvalue weighted by Gasteiger charge is 2.34. The summed E-state index contributed by atoms with van der Waals surface area (Å²) in [7, 11) is -3.58. The van der Waals surface area contributed by atoms with Gasteiger partial charge >= 0.3 is 6.18 Å². The summed E-state index contributed by atoms with van der Waals surface area (Å²) in [4.78, 5) is 2.26. The molecule has 1 aliphatic heterocycles. The topological polar surface area (TPSA) is 141 Å².